The van der Waals surface area contributed by atoms with Crippen molar-refractivity contribution in [2.24, 2.45) is 5.73 Å². The summed E-state index contributed by atoms with van der Waals surface area (Å²) in [6.07, 6.45) is 3.66. The first-order valence-electron chi connectivity index (χ1n) is 10.4. The van der Waals surface area contributed by atoms with Crippen LogP contribution in [0.3, 0.4) is 0 Å². The molecule has 168 valence electrons. The van der Waals surface area contributed by atoms with Gasteiger partial charge in [0.15, 0.2) is 5.43 Å². The third kappa shape index (κ3) is 6.01. The highest BCUT2D eigenvalue weighted by Gasteiger charge is 2.12. The molecule has 0 spiro atoms. The summed E-state index contributed by atoms with van der Waals surface area (Å²) in [7, 11) is 0. The van der Waals surface area contributed by atoms with Crippen LogP contribution in [0.2, 0.25) is 0 Å². The number of carbonyl (C=O) groups is 2. The minimum Gasteiger partial charge on any atom is -0.463 e. The van der Waals surface area contributed by atoms with E-state index >= 15 is 0 Å². The van der Waals surface area contributed by atoms with Crippen LogP contribution in [0.25, 0.3) is 22.1 Å². The lowest BCUT2D eigenvalue weighted by Crippen LogP contribution is -2.38. The molecule has 0 bridgehead atoms. The lowest BCUT2D eigenvalue weighted by Gasteiger charge is -2.08. The van der Waals surface area contributed by atoms with Crippen LogP contribution in [0.4, 0.5) is 4.39 Å². The van der Waals surface area contributed by atoms with E-state index in [1.54, 1.807) is 6.92 Å². The van der Waals surface area contributed by atoms with Crippen molar-refractivity contribution in [1.82, 2.24) is 5.32 Å². The Hall–Kier alpha value is -3.52. The first-order chi connectivity index (χ1) is 15.3. The number of carbonyl (C=O) groups excluding carboxylic acids is 2. The van der Waals surface area contributed by atoms with E-state index in [0.717, 1.165) is 12.8 Å². The van der Waals surface area contributed by atoms with Crippen LogP contribution in [0.1, 0.15) is 32.6 Å². The molecule has 3 rings (SSSR count). The fourth-order valence-electron chi connectivity index (χ4n) is 3.13. The van der Waals surface area contributed by atoms with Gasteiger partial charge in [-0.1, -0.05) is 18.6 Å². The molecule has 0 fully saturated rings. The van der Waals surface area contributed by atoms with Crippen molar-refractivity contribution < 1.29 is 23.1 Å². The number of hydrogen-bond donors (Lipinski definition) is 2. The first-order valence-corrected chi connectivity index (χ1v) is 10.4. The average Bonchev–Trinajstić information content (AvgIpc) is 2.77. The second kappa shape index (κ2) is 10.7. The van der Waals surface area contributed by atoms with E-state index in [0.29, 0.717) is 29.5 Å². The maximum Gasteiger partial charge on any atom is 0.311 e. The Morgan fingerprint density at radius 3 is 2.59 bits per heavy atom. The quantitative estimate of drug-likeness (QED) is 0.299. The Morgan fingerprint density at radius 2 is 1.88 bits per heavy atom. The molecule has 8 heteroatoms. The zero-order valence-electron chi connectivity index (χ0n) is 17.7. The van der Waals surface area contributed by atoms with Crippen LogP contribution in [-0.2, 0) is 9.59 Å². The van der Waals surface area contributed by atoms with Crippen LogP contribution in [0.15, 0.2) is 57.9 Å². The van der Waals surface area contributed by atoms with Gasteiger partial charge in [-0.2, -0.15) is 0 Å². The number of amides is 1. The molecular weight excluding hydrogens is 415 g/mol. The van der Waals surface area contributed by atoms with Crippen molar-refractivity contribution in [2.75, 3.05) is 6.54 Å². The van der Waals surface area contributed by atoms with Gasteiger partial charge in [-0.15, -0.1) is 0 Å². The monoisotopic (exact) mass is 440 g/mol. The van der Waals surface area contributed by atoms with Crippen LogP contribution in [0.5, 0.6) is 5.75 Å². The van der Waals surface area contributed by atoms with Gasteiger partial charge < -0.3 is 20.2 Å². The fourth-order valence-corrected chi connectivity index (χ4v) is 3.13. The van der Waals surface area contributed by atoms with Gasteiger partial charge in [0.1, 0.15) is 23.4 Å². The van der Waals surface area contributed by atoms with E-state index in [2.05, 4.69) is 5.32 Å². The van der Waals surface area contributed by atoms with Crippen molar-refractivity contribution >= 4 is 22.8 Å². The maximum atomic E-state index is 13.1. The molecule has 1 heterocycles. The third-order valence-corrected chi connectivity index (χ3v) is 4.90. The number of esters is 1. The van der Waals surface area contributed by atoms with Crippen LogP contribution >= 0.6 is 0 Å². The van der Waals surface area contributed by atoms with Gasteiger partial charge >= 0.3 is 5.97 Å². The number of unbranched alkanes of at least 4 members (excludes halogenated alkanes) is 2. The van der Waals surface area contributed by atoms with Gasteiger partial charge in [0.05, 0.1) is 17.0 Å². The number of fused-ring (bicyclic) bond motifs is 1. The summed E-state index contributed by atoms with van der Waals surface area (Å²) in [6.45, 7) is 2.13. The van der Waals surface area contributed by atoms with Gasteiger partial charge in [-0.05, 0) is 49.6 Å². The molecule has 32 heavy (non-hydrogen) atoms. The minimum absolute atomic E-state index is 0.197. The predicted molar refractivity (Wildman–Crippen MR) is 119 cm³/mol. The molecule has 1 aromatic heterocycles. The largest absolute Gasteiger partial charge is 0.463 e. The molecule has 0 aliphatic heterocycles. The number of halogens is 1. The van der Waals surface area contributed by atoms with Gasteiger partial charge in [0, 0.05) is 19.0 Å². The van der Waals surface area contributed by atoms with Gasteiger partial charge in [-0.3, -0.25) is 14.4 Å². The second-order valence-electron chi connectivity index (χ2n) is 7.51. The normalized spacial score (nSPS) is 11.8. The number of benzene rings is 2. The summed E-state index contributed by atoms with van der Waals surface area (Å²) < 4.78 is 24.0. The molecule has 3 N–H and O–H groups in total. The summed E-state index contributed by atoms with van der Waals surface area (Å²) in [5.41, 5.74) is 6.36. The topological polar surface area (TPSA) is 112 Å². The molecule has 0 aliphatic rings. The standard InChI is InChI=1S/C24H25FN2O5/c1-15(26)24(30)27-12-4-2-3-5-22(28)32-18-10-11-19-21(13-18)31-14-20(23(19)29)16-6-8-17(25)9-7-16/h6-11,13-15H,2-5,12,26H2,1H3,(H,27,30). The van der Waals surface area contributed by atoms with Crippen molar-refractivity contribution in [3.05, 3.63) is 64.8 Å². The molecule has 0 radical (unpaired) electrons. The van der Waals surface area contributed by atoms with E-state index in [-0.39, 0.29) is 29.1 Å². The average molecular weight is 440 g/mol. The molecule has 3 aromatic rings. The van der Waals surface area contributed by atoms with Gasteiger partial charge in [0.2, 0.25) is 5.91 Å². The first kappa shape index (κ1) is 23.1. The summed E-state index contributed by atoms with van der Waals surface area (Å²) in [5.74, 6) is -0.700. The lowest BCUT2D eigenvalue weighted by molar-refractivity contribution is -0.134. The number of ether oxygens (including phenoxy) is 1. The summed E-state index contributed by atoms with van der Waals surface area (Å²) in [5, 5.41) is 3.05. The molecular formula is C24H25FN2O5. The van der Waals surface area contributed by atoms with Crippen LogP contribution in [0, 0.1) is 5.82 Å². The lowest BCUT2D eigenvalue weighted by atomic mass is 10.1. The van der Waals surface area contributed by atoms with Crippen molar-refractivity contribution in [1.29, 1.82) is 0 Å². The van der Waals surface area contributed by atoms with Crippen molar-refractivity contribution in [3.63, 3.8) is 0 Å². The Balaban J connectivity index is 1.55. The Bertz CT molecular complexity index is 1160. The van der Waals surface area contributed by atoms with Crippen LogP contribution in [-0.4, -0.2) is 24.5 Å². The fraction of sp³-hybridized carbons (Fsp3) is 0.292. The zero-order chi connectivity index (χ0) is 23.1. The highest BCUT2D eigenvalue weighted by atomic mass is 19.1. The zero-order valence-corrected chi connectivity index (χ0v) is 17.7. The van der Waals surface area contributed by atoms with Crippen molar-refractivity contribution in [2.45, 2.75) is 38.6 Å². The Kier molecular flexibility index (Phi) is 7.72. The molecule has 2 aromatic carbocycles. The minimum atomic E-state index is -0.536. The molecule has 0 aliphatic carbocycles. The number of nitrogens with two attached hydrogens (primary N) is 1. The maximum absolute atomic E-state index is 13.1. The molecule has 7 nitrogen and oxygen atoms in total. The number of rotatable bonds is 9. The van der Waals surface area contributed by atoms with Gasteiger partial charge in [0.25, 0.3) is 0 Å². The molecule has 0 saturated carbocycles. The Morgan fingerprint density at radius 1 is 1.12 bits per heavy atom. The summed E-state index contributed by atoms with van der Waals surface area (Å²) >= 11 is 0. The predicted octanol–water partition coefficient (Wildman–Crippen LogP) is 3.53. The molecule has 0 saturated heterocycles. The van der Waals surface area contributed by atoms with E-state index in [4.69, 9.17) is 14.9 Å². The highest BCUT2D eigenvalue weighted by molar-refractivity contribution is 5.83. The SMILES string of the molecule is CC(N)C(=O)NCCCCCC(=O)Oc1ccc2c(=O)c(-c3ccc(F)cc3)coc2c1. The highest BCUT2D eigenvalue weighted by Crippen LogP contribution is 2.23. The van der Waals surface area contributed by atoms with Gasteiger partial charge in [-0.25, -0.2) is 4.39 Å². The third-order valence-electron chi connectivity index (χ3n) is 4.90. The van der Waals surface area contributed by atoms with E-state index in [1.165, 1.54) is 48.7 Å². The van der Waals surface area contributed by atoms with E-state index in [9.17, 15) is 18.8 Å². The van der Waals surface area contributed by atoms with Crippen LogP contribution < -0.4 is 21.2 Å². The number of hydrogen-bond acceptors (Lipinski definition) is 6. The Labute approximate surface area is 184 Å². The second-order valence-corrected chi connectivity index (χ2v) is 7.51. The van der Waals surface area contributed by atoms with E-state index in [1.807, 2.05) is 0 Å². The number of nitrogens with one attached hydrogen (secondary N) is 1. The van der Waals surface area contributed by atoms with Crippen molar-refractivity contribution in [3.8, 4) is 16.9 Å². The molecule has 1 amide bonds. The van der Waals surface area contributed by atoms with E-state index < -0.39 is 17.8 Å². The molecule has 1 atom stereocenters. The summed E-state index contributed by atoms with van der Waals surface area (Å²) in [6, 6.07) is 9.61. The summed E-state index contributed by atoms with van der Waals surface area (Å²) in [4.78, 5) is 36.2. The molecule has 1 unspecified atom stereocenters. The smallest absolute Gasteiger partial charge is 0.311 e.